The SMILES string of the molecule is O=C(NCCCCCCO)c1cnccn1. The second kappa shape index (κ2) is 7.76. The van der Waals surface area contributed by atoms with Crippen LogP contribution in [0.4, 0.5) is 0 Å². The predicted molar refractivity (Wildman–Crippen MR) is 59.9 cm³/mol. The van der Waals surface area contributed by atoms with Gasteiger partial charge in [0.05, 0.1) is 6.20 Å². The first kappa shape index (κ1) is 12.6. The first-order valence-electron chi connectivity index (χ1n) is 5.49. The van der Waals surface area contributed by atoms with E-state index in [0.29, 0.717) is 12.2 Å². The average molecular weight is 223 g/mol. The fourth-order valence-corrected chi connectivity index (χ4v) is 1.30. The number of aliphatic hydroxyl groups is 1. The summed E-state index contributed by atoms with van der Waals surface area (Å²) in [6.07, 6.45) is 8.24. The van der Waals surface area contributed by atoms with Crippen LogP contribution in [0.25, 0.3) is 0 Å². The summed E-state index contributed by atoms with van der Waals surface area (Å²) in [7, 11) is 0. The van der Waals surface area contributed by atoms with Gasteiger partial charge in [0.1, 0.15) is 5.69 Å². The van der Waals surface area contributed by atoms with Gasteiger partial charge in [-0.15, -0.1) is 0 Å². The van der Waals surface area contributed by atoms with Gasteiger partial charge in [0, 0.05) is 25.5 Å². The van der Waals surface area contributed by atoms with E-state index in [9.17, 15) is 4.79 Å². The fourth-order valence-electron chi connectivity index (χ4n) is 1.30. The molecule has 88 valence electrons. The molecular formula is C11H17N3O2. The molecule has 5 nitrogen and oxygen atoms in total. The van der Waals surface area contributed by atoms with E-state index >= 15 is 0 Å². The summed E-state index contributed by atoms with van der Waals surface area (Å²) in [5.41, 5.74) is 0.345. The number of amides is 1. The van der Waals surface area contributed by atoms with Crippen molar-refractivity contribution in [1.29, 1.82) is 0 Å². The Balaban J connectivity index is 2.12. The Bertz CT molecular complexity index is 303. The monoisotopic (exact) mass is 223 g/mol. The number of hydrogen-bond acceptors (Lipinski definition) is 4. The van der Waals surface area contributed by atoms with Crippen molar-refractivity contribution in [1.82, 2.24) is 15.3 Å². The lowest BCUT2D eigenvalue weighted by Crippen LogP contribution is -2.25. The highest BCUT2D eigenvalue weighted by molar-refractivity contribution is 5.91. The molecule has 2 N–H and O–H groups in total. The highest BCUT2D eigenvalue weighted by atomic mass is 16.2. The van der Waals surface area contributed by atoms with Gasteiger partial charge in [-0.25, -0.2) is 4.98 Å². The lowest BCUT2D eigenvalue weighted by Gasteiger charge is -2.03. The Hall–Kier alpha value is -1.49. The molecule has 1 amide bonds. The van der Waals surface area contributed by atoms with Crippen LogP contribution >= 0.6 is 0 Å². The number of carbonyl (C=O) groups excluding carboxylic acids is 1. The Labute approximate surface area is 94.9 Å². The van der Waals surface area contributed by atoms with E-state index < -0.39 is 0 Å². The Morgan fingerprint density at radius 2 is 2.06 bits per heavy atom. The second-order valence-corrected chi connectivity index (χ2v) is 3.48. The summed E-state index contributed by atoms with van der Waals surface area (Å²) < 4.78 is 0. The summed E-state index contributed by atoms with van der Waals surface area (Å²) >= 11 is 0. The van der Waals surface area contributed by atoms with Crippen LogP contribution in [0.3, 0.4) is 0 Å². The van der Waals surface area contributed by atoms with E-state index in [1.54, 1.807) is 0 Å². The maximum Gasteiger partial charge on any atom is 0.271 e. The molecule has 0 aromatic carbocycles. The Morgan fingerprint density at radius 1 is 1.25 bits per heavy atom. The summed E-state index contributed by atoms with van der Waals surface area (Å²) in [6, 6.07) is 0. The van der Waals surface area contributed by atoms with Gasteiger partial charge in [-0.1, -0.05) is 12.8 Å². The van der Waals surface area contributed by atoms with Crippen LogP contribution in [0, 0.1) is 0 Å². The van der Waals surface area contributed by atoms with Gasteiger partial charge < -0.3 is 10.4 Å². The van der Waals surface area contributed by atoms with Crippen molar-refractivity contribution < 1.29 is 9.90 Å². The molecule has 1 aromatic rings. The van der Waals surface area contributed by atoms with Crippen LogP contribution in [0.15, 0.2) is 18.6 Å². The summed E-state index contributed by atoms with van der Waals surface area (Å²) in [4.78, 5) is 19.2. The van der Waals surface area contributed by atoms with Crippen molar-refractivity contribution in [3.63, 3.8) is 0 Å². The van der Waals surface area contributed by atoms with Crippen molar-refractivity contribution in [3.8, 4) is 0 Å². The standard InChI is InChI=1S/C11H17N3O2/c15-8-4-2-1-3-5-14-11(16)10-9-12-6-7-13-10/h6-7,9,15H,1-5,8H2,(H,14,16). The first-order valence-corrected chi connectivity index (χ1v) is 5.49. The molecule has 5 heteroatoms. The van der Waals surface area contributed by atoms with Crippen molar-refractivity contribution >= 4 is 5.91 Å². The van der Waals surface area contributed by atoms with Crippen molar-refractivity contribution in [2.24, 2.45) is 0 Å². The molecule has 1 rings (SSSR count). The first-order chi connectivity index (χ1) is 7.84. The zero-order valence-corrected chi connectivity index (χ0v) is 9.22. The molecule has 16 heavy (non-hydrogen) atoms. The molecule has 0 aliphatic rings. The highest BCUT2D eigenvalue weighted by Crippen LogP contribution is 1.98. The fraction of sp³-hybridized carbons (Fsp3) is 0.545. The average Bonchev–Trinajstić information content (AvgIpc) is 2.34. The van der Waals surface area contributed by atoms with Gasteiger partial charge >= 0.3 is 0 Å². The number of aromatic nitrogens is 2. The molecule has 0 bridgehead atoms. The van der Waals surface area contributed by atoms with E-state index in [-0.39, 0.29) is 12.5 Å². The van der Waals surface area contributed by atoms with Gasteiger partial charge in [-0.05, 0) is 12.8 Å². The number of aliphatic hydroxyl groups excluding tert-OH is 1. The Kier molecular flexibility index (Phi) is 6.10. The van der Waals surface area contributed by atoms with E-state index in [1.807, 2.05) is 0 Å². The summed E-state index contributed by atoms with van der Waals surface area (Å²) in [6.45, 7) is 0.882. The van der Waals surface area contributed by atoms with Gasteiger partial charge in [0.15, 0.2) is 0 Å². The molecule has 0 atom stereocenters. The molecule has 1 aromatic heterocycles. The van der Waals surface area contributed by atoms with E-state index in [4.69, 9.17) is 5.11 Å². The number of rotatable bonds is 7. The maximum atomic E-state index is 11.5. The highest BCUT2D eigenvalue weighted by Gasteiger charge is 2.04. The van der Waals surface area contributed by atoms with Crippen LogP contribution < -0.4 is 5.32 Å². The minimum absolute atomic E-state index is 0.185. The van der Waals surface area contributed by atoms with E-state index in [1.165, 1.54) is 18.6 Å². The van der Waals surface area contributed by atoms with Crippen LogP contribution in [-0.2, 0) is 0 Å². The van der Waals surface area contributed by atoms with Crippen LogP contribution in [0.2, 0.25) is 0 Å². The third kappa shape index (κ3) is 4.84. The zero-order valence-electron chi connectivity index (χ0n) is 9.22. The lowest BCUT2D eigenvalue weighted by molar-refractivity contribution is 0.0947. The Morgan fingerprint density at radius 3 is 2.75 bits per heavy atom. The molecule has 0 radical (unpaired) electrons. The van der Waals surface area contributed by atoms with Crippen LogP contribution in [-0.4, -0.2) is 34.1 Å². The van der Waals surface area contributed by atoms with E-state index in [0.717, 1.165) is 25.7 Å². The topological polar surface area (TPSA) is 75.1 Å². The lowest BCUT2D eigenvalue weighted by atomic mass is 10.2. The third-order valence-electron chi connectivity index (χ3n) is 2.17. The van der Waals surface area contributed by atoms with Crippen LogP contribution in [0.5, 0.6) is 0 Å². The third-order valence-corrected chi connectivity index (χ3v) is 2.17. The molecule has 0 unspecified atom stereocenters. The van der Waals surface area contributed by atoms with Gasteiger partial charge in [-0.3, -0.25) is 9.78 Å². The number of hydrogen-bond donors (Lipinski definition) is 2. The van der Waals surface area contributed by atoms with Gasteiger partial charge in [-0.2, -0.15) is 0 Å². The van der Waals surface area contributed by atoms with Gasteiger partial charge in [0.25, 0.3) is 5.91 Å². The van der Waals surface area contributed by atoms with E-state index in [2.05, 4.69) is 15.3 Å². The normalized spacial score (nSPS) is 10.1. The number of carbonyl (C=O) groups is 1. The molecule has 0 saturated heterocycles. The number of nitrogens with zero attached hydrogens (tertiary/aromatic N) is 2. The van der Waals surface area contributed by atoms with Crippen molar-refractivity contribution in [2.45, 2.75) is 25.7 Å². The largest absolute Gasteiger partial charge is 0.396 e. The summed E-state index contributed by atoms with van der Waals surface area (Å²) in [5.74, 6) is -0.185. The minimum atomic E-state index is -0.185. The molecular weight excluding hydrogens is 206 g/mol. The predicted octanol–water partition coefficient (Wildman–Crippen LogP) is 0.759. The molecule has 0 saturated carbocycles. The maximum absolute atomic E-state index is 11.5. The molecule has 0 aliphatic carbocycles. The smallest absolute Gasteiger partial charge is 0.271 e. The molecule has 0 aliphatic heterocycles. The van der Waals surface area contributed by atoms with Gasteiger partial charge in [0.2, 0.25) is 0 Å². The van der Waals surface area contributed by atoms with Crippen LogP contribution in [0.1, 0.15) is 36.2 Å². The minimum Gasteiger partial charge on any atom is -0.396 e. The van der Waals surface area contributed by atoms with Crippen molar-refractivity contribution in [3.05, 3.63) is 24.3 Å². The second-order valence-electron chi connectivity index (χ2n) is 3.48. The molecule has 1 heterocycles. The molecule has 0 spiro atoms. The summed E-state index contributed by atoms with van der Waals surface area (Å²) in [5, 5.41) is 11.3. The molecule has 0 fully saturated rings. The number of nitrogens with one attached hydrogen (secondary N) is 1. The number of unbranched alkanes of at least 4 members (excludes halogenated alkanes) is 3. The zero-order chi connectivity index (χ0) is 11.6. The van der Waals surface area contributed by atoms with Crippen molar-refractivity contribution in [2.75, 3.05) is 13.2 Å². The quantitative estimate of drug-likeness (QED) is 0.669.